The van der Waals surface area contributed by atoms with Crippen LogP contribution in [0.15, 0.2) is 48.5 Å². The minimum atomic E-state index is -0.514. The zero-order valence-electron chi connectivity index (χ0n) is 16.2. The Labute approximate surface area is 156 Å². The van der Waals surface area contributed by atoms with Gasteiger partial charge in [-0.3, -0.25) is 0 Å². The molecule has 0 aliphatic carbocycles. The number of ether oxygens (including phenoxy) is 4. The van der Waals surface area contributed by atoms with Crippen LogP contribution >= 0.6 is 0 Å². The second-order valence-corrected chi connectivity index (χ2v) is 7.64. The maximum absolute atomic E-state index is 5.87. The van der Waals surface area contributed by atoms with Crippen molar-refractivity contribution in [3.63, 3.8) is 0 Å². The third kappa shape index (κ3) is 4.19. The van der Waals surface area contributed by atoms with E-state index in [2.05, 4.69) is 38.1 Å². The first kappa shape index (κ1) is 18.7. The minimum Gasteiger partial charge on any atom is -0.497 e. The molecule has 140 valence electrons. The summed E-state index contributed by atoms with van der Waals surface area (Å²) in [6.45, 7) is 9.33. The Kier molecular flexibility index (Phi) is 5.26. The summed E-state index contributed by atoms with van der Waals surface area (Å²) in [5.41, 5.74) is 2.37. The van der Waals surface area contributed by atoms with Gasteiger partial charge in [-0.2, -0.15) is 0 Å². The lowest BCUT2D eigenvalue weighted by Gasteiger charge is -2.26. The summed E-state index contributed by atoms with van der Waals surface area (Å²) < 4.78 is 22.4. The molecule has 3 rings (SSSR count). The van der Waals surface area contributed by atoms with Gasteiger partial charge in [-0.05, 0) is 49.2 Å². The summed E-state index contributed by atoms with van der Waals surface area (Å²) in [4.78, 5) is 0. The Bertz CT molecular complexity index is 717. The standard InChI is InChI=1S/C22H28O4/c1-21(2,16-6-10-18(23-5)11-7-16)17-8-12-19(13-9-17)24-14-20-15-25-22(3,4)26-20/h6-13,20H,14-15H2,1-5H3. The fourth-order valence-corrected chi connectivity index (χ4v) is 3.18. The number of hydrogen-bond acceptors (Lipinski definition) is 4. The smallest absolute Gasteiger partial charge is 0.163 e. The van der Waals surface area contributed by atoms with Crippen molar-refractivity contribution in [1.82, 2.24) is 0 Å². The molecule has 4 heteroatoms. The van der Waals surface area contributed by atoms with Crippen molar-refractivity contribution in [2.24, 2.45) is 0 Å². The van der Waals surface area contributed by atoms with Crippen molar-refractivity contribution in [1.29, 1.82) is 0 Å². The first-order valence-corrected chi connectivity index (χ1v) is 9.00. The van der Waals surface area contributed by atoms with Gasteiger partial charge in [-0.25, -0.2) is 0 Å². The van der Waals surface area contributed by atoms with E-state index in [-0.39, 0.29) is 11.5 Å². The van der Waals surface area contributed by atoms with E-state index in [1.165, 1.54) is 11.1 Å². The third-order valence-electron chi connectivity index (χ3n) is 4.89. The van der Waals surface area contributed by atoms with Crippen LogP contribution < -0.4 is 9.47 Å². The maximum atomic E-state index is 5.87. The van der Waals surface area contributed by atoms with Crippen LogP contribution in [0.4, 0.5) is 0 Å². The second kappa shape index (κ2) is 7.29. The fourth-order valence-electron chi connectivity index (χ4n) is 3.18. The van der Waals surface area contributed by atoms with Gasteiger partial charge in [0.2, 0.25) is 0 Å². The van der Waals surface area contributed by atoms with Crippen molar-refractivity contribution in [3.05, 3.63) is 59.7 Å². The van der Waals surface area contributed by atoms with Gasteiger partial charge in [0, 0.05) is 5.41 Å². The maximum Gasteiger partial charge on any atom is 0.163 e. The molecular weight excluding hydrogens is 328 g/mol. The molecule has 1 atom stereocenters. The van der Waals surface area contributed by atoms with Crippen molar-refractivity contribution < 1.29 is 18.9 Å². The van der Waals surface area contributed by atoms with Gasteiger partial charge in [0.15, 0.2) is 5.79 Å². The summed E-state index contributed by atoms with van der Waals surface area (Å²) in [6, 6.07) is 16.5. The van der Waals surface area contributed by atoms with E-state index in [0.29, 0.717) is 13.2 Å². The summed E-state index contributed by atoms with van der Waals surface area (Å²) in [7, 11) is 1.68. The van der Waals surface area contributed by atoms with E-state index in [4.69, 9.17) is 18.9 Å². The molecule has 1 saturated heterocycles. The average Bonchev–Trinajstić information content (AvgIpc) is 2.99. The van der Waals surface area contributed by atoms with Crippen molar-refractivity contribution in [3.8, 4) is 11.5 Å². The van der Waals surface area contributed by atoms with E-state index in [1.807, 2.05) is 38.1 Å². The van der Waals surface area contributed by atoms with Crippen LogP contribution in [0.25, 0.3) is 0 Å². The molecule has 1 aliphatic heterocycles. The van der Waals surface area contributed by atoms with Gasteiger partial charge in [0.25, 0.3) is 0 Å². The molecule has 26 heavy (non-hydrogen) atoms. The molecule has 0 spiro atoms. The molecule has 4 nitrogen and oxygen atoms in total. The molecule has 0 radical (unpaired) electrons. The molecule has 2 aromatic carbocycles. The molecule has 0 aromatic heterocycles. The van der Waals surface area contributed by atoms with E-state index in [0.717, 1.165) is 11.5 Å². The highest BCUT2D eigenvalue weighted by Gasteiger charge is 2.33. The predicted octanol–water partition coefficient (Wildman–Crippen LogP) is 4.55. The van der Waals surface area contributed by atoms with Crippen LogP contribution in [0.5, 0.6) is 11.5 Å². The monoisotopic (exact) mass is 356 g/mol. The van der Waals surface area contributed by atoms with Crippen LogP contribution in [0.1, 0.15) is 38.8 Å². The van der Waals surface area contributed by atoms with E-state index >= 15 is 0 Å². The lowest BCUT2D eigenvalue weighted by molar-refractivity contribution is -0.141. The first-order chi connectivity index (χ1) is 12.3. The molecule has 2 aromatic rings. The van der Waals surface area contributed by atoms with Gasteiger partial charge in [0.1, 0.15) is 24.2 Å². The Morgan fingerprint density at radius 1 is 0.962 bits per heavy atom. The zero-order valence-corrected chi connectivity index (χ0v) is 16.2. The van der Waals surface area contributed by atoms with Crippen LogP contribution in [0.2, 0.25) is 0 Å². The van der Waals surface area contributed by atoms with Crippen LogP contribution in [-0.2, 0) is 14.9 Å². The highest BCUT2D eigenvalue weighted by Crippen LogP contribution is 2.33. The summed E-state index contributed by atoms with van der Waals surface area (Å²) >= 11 is 0. The molecule has 1 aliphatic rings. The Morgan fingerprint density at radius 3 is 1.96 bits per heavy atom. The van der Waals surface area contributed by atoms with Crippen molar-refractivity contribution >= 4 is 0 Å². The zero-order chi connectivity index (χ0) is 18.8. The summed E-state index contributed by atoms with van der Waals surface area (Å²) in [5, 5.41) is 0. The van der Waals surface area contributed by atoms with E-state index in [9.17, 15) is 0 Å². The van der Waals surface area contributed by atoms with Gasteiger partial charge < -0.3 is 18.9 Å². The molecule has 1 fully saturated rings. The van der Waals surface area contributed by atoms with E-state index in [1.54, 1.807) is 7.11 Å². The average molecular weight is 356 g/mol. The number of rotatable bonds is 6. The Morgan fingerprint density at radius 2 is 1.50 bits per heavy atom. The molecular formula is C22H28O4. The van der Waals surface area contributed by atoms with Gasteiger partial charge in [-0.15, -0.1) is 0 Å². The normalized spacial score (nSPS) is 19.3. The largest absolute Gasteiger partial charge is 0.497 e. The van der Waals surface area contributed by atoms with Crippen molar-refractivity contribution in [2.45, 2.75) is 45.0 Å². The second-order valence-electron chi connectivity index (χ2n) is 7.64. The highest BCUT2D eigenvalue weighted by molar-refractivity contribution is 5.41. The Balaban J connectivity index is 1.64. The number of hydrogen-bond donors (Lipinski definition) is 0. The molecule has 0 amide bonds. The summed E-state index contributed by atoms with van der Waals surface area (Å²) in [5.74, 6) is 1.20. The molecule has 1 heterocycles. The van der Waals surface area contributed by atoms with Gasteiger partial charge in [0.05, 0.1) is 13.7 Å². The number of benzene rings is 2. The molecule has 0 bridgehead atoms. The third-order valence-corrected chi connectivity index (χ3v) is 4.89. The lowest BCUT2D eigenvalue weighted by atomic mass is 9.78. The SMILES string of the molecule is COc1ccc(C(C)(C)c2ccc(OCC3COC(C)(C)O3)cc2)cc1. The van der Waals surface area contributed by atoms with Crippen LogP contribution in [0, 0.1) is 0 Å². The van der Waals surface area contributed by atoms with E-state index < -0.39 is 5.79 Å². The fraction of sp³-hybridized carbons (Fsp3) is 0.455. The lowest BCUT2D eigenvalue weighted by Crippen LogP contribution is -2.25. The quantitative estimate of drug-likeness (QED) is 0.761. The highest BCUT2D eigenvalue weighted by atomic mass is 16.7. The minimum absolute atomic E-state index is 0.0274. The molecule has 0 N–H and O–H groups in total. The van der Waals surface area contributed by atoms with Crippen molar-refractivity contribution in [2.75, 3.05) is 20.3 Å². The summed E-state index contributed by atoms with van der Waals surface area (Å²) in [6.07, 6.45) is -0.0274. The molecule has 0 saturated carbocycles. The van der Waals surface area contributed by atoms with Gasteiger partial charge in [-0.1, -0.05) is 38.1 Å². The molecule has 1 unspecified atom stereocenters. The number of methoxy groups -OCH3 is 1. The van der Waals surface area contributed by atoms with Crippen LogP contribution in [-0.4, -0.2) is 32.2 Å². The van der Waals surface area contributed by atoms with Gasteiger partial charge >= 0.3 is 0 Å². The predicted molar refractivity (Wildman–Crippen MR) is 102 cm³/mol. The Hall–Kier alpha value is -2.04. The topological polar surface area (TPSA) is 36.9 Å². The van der Waals surface area contributed by atoms with Crippen LogP contribution in [0.3, 0.4) is 0 Å². The first-order valence-electron chi connectivity index (χ1n) is 9.00.